The maximum absolute atomic E-state index is 2.61. The van der Waals surface area contributed by atoms with E-state index in [-0.39, 0.29) is 12.1 Å². The predicted octanol–water partition coefficient (Wildman–Crippen LogP) is 16.4. The molecule has 0 amide bonds. The molecular formula is C71H51BN2. The van der Waals surface area contributed by atoms with E-state index >= 15 is 0 Å². The van der Waals surface area contributed by atoms with E-state index in [2.05, 4.69) is 285 Å². The summed E-state index contributed by atoms with van der Waals surface area (Å²) in [6.45, 7) is 7.01. The molecule has 0 atom stereocenters. The summed E-state index contributed by atoms with van der Waals surface area (Å²) in [5.74, 6) is 0. The molecule has 0 aromatic heterocycles. The Morgan fingerprint density at radius 1 is 0.311 bits per heavy atom. The third kappa shape index (κ3) is 6.14. The lowest BCUT2D eigenvalue weighted by Crippen LogP contribution is -2.61. The summed E-state index contributed by atoms with van der Waals surface area (Å²) in [4.78, 5) is 5.17. The first kappa shape index (κ1) is 42.7. The van der Waals surface area contributed by atoms with Gasteiger partial charge in [0, 0.05) is 34.1 Å². The van der Waals surface area contributed by atoms with Crippen LogP contribution in [0.15, 0.2) is 255 Å². The van der Waals surface area contributed by atoms with Crippen LogP contribution in [0.3, 0.4) is 0 Å². The molecule has 0 fully saturated rings. The molecule has 15 rings (SSSR count). The summed E-state index contributed by atoms with van der Waals surface area (Å²) in [6.07, 6.45) is 0. The van der Waals surface area contributed by atoms with Gasteiger partial charge >= 0.3 is 0 Å². The van der Waals surface area contributed by atoms with Crippen LogP contribution in [0.2, 0.25) is 0 Å². The minimum Gasteiger partial charge on any atom is -0.311 e. The lowest BCUT2D eigenvalue weighted by atomic mass is 9.33. The lowest BCUT2D eigenvalue weighted by molar-refractivity contribution is 0.590. The van der Waals surface area contributed by atoms with Gasteiger partial charge in [-0.15, -0.1) is 0 Å². The molecule has 2 heterocycles. The maximum Gasteiger partial charge on any atom is 0.252 e. The third-order valence-corrected chi connectivity index (χ3v) is 16.6. The molecule has 4 aliphatic rings. The van der Waals surface area contributed by atoms with Crippen LogP contribution in [0, 0.1) is 0 Å². The summed E-state index contributed by atoms with van der Waals surface area (Å²) in [5, 5.41) is 0. The van der Waals surface area contributed by atoms with Crippen molar-refractivity contribution in [2.24, 2.45) is 0 Å². The van der Waals surface area contributed by atoms with Crippen LogP contribution in [0.5, 0.6) is 0 Å². The summed E-state index contributed by atoms with van der Waals surface area (Å²) in [7, 11) is 0. The first-order chi connectivity index (χ1) is 36.3. The van der Waals surface area contributed by atoms with E-state index in [1.165, 1.54) is 123 Å². The Balaban J connectivity index is 1.02. The number of hydrogen-bond donors (Lipinski definition) is 0. The Kier molecular flexibility index (Phi) is 9.27. The fourth-order valence-corrected chi connectivity index (χ4v) is 13.3. The molecule has 0 saturated carbocycles. The van der Waals surface area contributed by atoms with E-state index in [1.54, 1.807) is 0 Å². The molecule has 0 N–H and O–H groups in total. The monoisotopic (exact) mass is 942 g/mol. The van der Waals surface area contributed by atoms with Gasteiger partial charge in [0.15, 0.2) is 0 Å². The molecule has 11 aromatic rings. The third-order valence-electron chi connectivity index (χ3n) is 16.6. The van der Waals surface area contributed by atoms with E-state index in [4.69, 9.17) is 0 Å². The molecule has 2 nitrogen and oxygen atoms in total. The Bertz CT molecular complexity index is 4010. The standard InChI is InChI=1S/C71H51BN2/c1-70(2,3)52-43-67-69-68(44-52)74(54-37-38-62-58(45-54)57-27-15-18-30-61(57)71(62)59-28-16-13-25-55(59)56-26-14-17-29-60(56)71)66-40-34-51(48-23-11-6-12-24-48)42-64(66)72(69)63-41-50(47-21-9-5-10-22-47)33-39-65(63)73(67)53-35-31-49(32-36-53)46-19-7-4-8-20-46/h4-45H,1-3H3. The van der Waals surface area contributed by atoms with Crippen molar-refractivity contribution in [2.75, 3.05) is 9.80 Å². The van der Waals surface area contributed by atoms with Gasteiger partial charge in [0.2, 0.25) is 0 Å². The van der Waals surface area contributed by atoms with Crippen LogP contribution >= 0.6 is 0 Å². The molecule has 2 aliphatic carbocycles. The molecule has 11 aromatic carbocycles. The molecule has 74 heavy (non-hydrogen) atoms. The van der Waals surface area contributed by atoms with Crippen LogP contribution in [-0.2, 0) is 10.8 Å². The van der Waals surface area contributed by atoms with Crippen molar-refractivity contribution >= 4 is 57.2 Å². The van der Waals surface area contributed by atoms with Crippen LogP contribution in [-0.4, -0.2) is 6.71 Å². The highest BCUT2D eigenvalue weighted by Crippen LogP contribution is 2.63. The fourth-order valence-electron chi connectivity index (χ4n) is 13.3. The predicted molar refractivity (Wildman–Crippen MR) is 312 cm³/mol. The van der Waals surface area contributed by atoms with Crippen molar-refractivity contribution in [3.05, 3.63) is 283 Å². The number of nitrogens with zero attached hydrogens (tertiary/aromatic N) is 2. The SMILES string of the molecule is CC(C)(C)c1cc2c3c(c1)N(c1ccc4c(c1)-c1ccccc1C41c4ccccc4-c4ccccc41)c1ccc(-c4ccccc4)cc1B3c1cc(-c3ccccc3)ccc1N2c1ccc(-c2ccccc2)cc1. The molecule has 3 heteroatoms. The largest absolute Gasteiger partial charge is 0.311 e. The fraction of sp³-hybridized carbons (Fsp3) is 0.0704. The molecular weight excluding hydrogens is 892 g/mol. The van der Waals surface area contributed by atoms with Gasteiger partial charge in [-0.05, 0) is 154 Å². The zero-order valence-corrected chi connectivity index (χ0v) is 41.7. The summed E-state index contributed by atoms with van der Waals surface area (Å²) in [5.41, 5.74) is 29.6. The molecule has 0 unspecified atom stereocenters. The average Bonchev–Trinajstić information content (AvgIpc) is 4.07. The van der Waals surface area contributed by atoms with Crippen LogP contribution < -0.4 is 26.2 Å². The highest BCUT2D eigenvalue weighted by Gasteiger charge is 2.52. The molecule has 1 spiro atoms. The molecule has 0 bridgehead atoms. The molecule has 0 saturated heterocycles. The van der Waals surface area contributed by atoms with Gasteiger partial charge in [-0.2, -0.15) is 0 Å². The van der Waals surface area contributed by atoms with E-state index in [9.17, 15) is 0 Å². The number of benzene rings is 11. The smallest absolute Gasteiger partial charge is 0.252 e. The van der Waals surface area contributed by atoms with E-state index < -0.39 is 5.41 Å². The number of fused-ring (bicyclic) bond motifs is 14. The Labute approximate surface area is 434 Å². The first-order valence-electron chi connectivity index (χ1n) is 26.1. The normalized spacial score (nSPS) is 13.9. The minimum atomic E-state index is -0.421. The zero-order chi connectivity index (χ0) is 49.3. The van der Waals surface area contributed by atoms with Crippen molar-refractivity contribution in [1.82, 2.24) is 0 Å². The second kappa shape index (κ2) is 16.0. The Hall–Kier alpha value is -8.92. The number of anilines is 6. The second-order valence-electron chi connectivity index (χ2n) is 21.6. The van der Waals surface area contributed by atoms with Crippen molar-refractivity contribution in [2.45, 2.75) is 31.6 Å². The van der Waals surface area contributed by atoms with Crippen molar-refractivity contribution < 1.29 is 0 Å². The Morgan fingerprint density at radius 3 is 1.18 bits per heavy atom. The van der Waals surface area contributed by atoms with Gasteiger partial charge in [-0.3, -0.25) is 0 Å². The van der Waals surface area contributed by atoms with Gasteiger partial charge in [0.1, 0.15) is 0 Å². The van der Waals surface area contributed by atoms with Gasteiger partial charge in [0.05, 0.1) is 5.41 Å². The van der Waals surface area contributed by atoms with Gasteiger partial charge in [-0.1, -0.05) is 227 Å². The maximum atomic E-state index is 2.61. The molecule has 2 aliphatic heterocycles. The zero-order valence-electron chi connectivity index (χ0n) is 41.7. The summed E-state index contributed by atoms with van der Waals surface area (Å²) >= 11 is 0. The first-order valence-corrected chi connectivity index (χ1v) is 26.1. The number of rotatable bonds is 5. The summed E-state index contributed by atoms with van der Waals surface area (Å²) in [6, 6.07) is 96.0. The molecule has 0 radical (unpaired) electrons. The highest BCUT2D eigenvalue weighted by molar-refractivity contribution is 7.00. The molecule has 348 valence electrons. The second-order valence-corrected chi connectivity index (χ2v) is 21.6. The Morgan fingerprint density at radius 2 is 0.689 bits per heavy atom. The van der Waals surface area contributed by atoms with E-state index in [0.29, 0.717) is 0 Å². The van der Waals surface area contributed by atoms with Crippen molar-refractivity contribution in [1.29, 1.82) is 0 Å². The van der Waals surface area contributed by atoms with Gasteiger partial charge < -0.3 is 9.80 Å². The van der Waals surface area contributed by atoms with E-state index in [1.807, 2.05) is 0 Å². The highest BCUT2D eigenvalue weighted by atomic mass is 15.2. The van der Waals surface area contributed by atoms with Gasteiger partial charge in [-0.25, -0.2) is 0 Å². The van der Waals surface area contributed by atoms with E-state index in [0.717, 1.165) is 11.4 Å². The summed E-state index contributed by atoms with van der Waals surface area (Å²) < 4.78 is 0. The average molecular weight is 943 g/mol. The van der Waals surface area contributed by atoms with Crippen molar-refractivity contribution in [3.63, 3.8) is 0 Å². The minimum absolute atomic E-state index is 0.0626. The number of hydrogen-bond acceptors (Lipinski definition) is 2. The van der Waals surface area contributed by atoms with Crippen molar-refractivity contribution in [3.8, 4) is 55.6 Å². The van der Waals surface area contributed by atoms with Crippen LogP contribution in [0.25, 0.3) is 55.6 Å². The van der Waals surface area contributed by atoms with Crippen LogP contribution in [0.1, 0.15) is 48.6 Å². The lowest BCUT2D eigenvalue weighted by Gasteiger charge is -2.45. The van der Waals surface area contributed by atoms with Gasteiger partial charge in [0.25, 0.3) is 6.71 Å². The van der Waals surface area contributed by atoms with Crippen LogP contribution in [0.4, 0.5) is 34.1 Å². The topological polar surface area (TPSA) is 6.48 Å². The quantitative estimate of drug-likeness (QED) is 0.159.